The van der Waals surface area contributed by atoms with Crippen molar-refractivity contribution in [3.05, 3.63) is 33.1 Å². The minimum atomic E-state index is -5.38. The van der Waals surface area contributed by atoms with Gasteiger partial charge in [-0.1, -0.05) is 0 Å². The molecule has 3 heterocycles. The van der Waals surface area contributed by atoms with E-state index in [-0.39, 0.29) is 0 Å². The Morgan fingerprint density at radius 1 is 1.00 bits per heavy atom. The van der Waals surface area contributed by atoms with Gasteiger partial charge in [-0.2, -0.15) is 0 Å². The third-order valence-corrected chi connectivity index (χ3v) is 8.67. The first kappa shape index (κ1) is 29.6. The first-order valence-electron chi connectivity index (χ1n) is 9.99. The Kier molecular flexibility index (Phi) is 9.39. The molecule has 0 aliphatic carbocycles. The van der Waals surface area contributed by atoms with Crippen molar-refractivity contribution in [1.82, 2.24) is 9.55 Å². The Morgan fingerprint density at radius 2 is 1.64 bits per heavy atom. The second-order valence-corrected chi connectivity index (χ2v) is 12.1. The SMILES string of the molecule is O=c1ccn([C@@H]2O[C@H](COP(O)(=S)OP(=O)(O)O[C@H]3O[C@H](CO)[C@@H](O)[C@H](O)[C@H]3O)[C@@H](O)[C@H]2O)c(=O)[nH]1. The van der Waals surface area contributed by atoms with Crippen LogP contribution in [0.5, 0.6) is 0 Å². The Morgan fingerprint density at radius 3 is 2.25 bits per heavy atom. The molecule has 2 aliphatic heterocycles. The lowest BCUT2D eigenvalue weighted by atomic mass is 10.00. The number of aliphatic hydroxyl groups is 6. The topological polar surface area (TPSA) is 280 Å². The average Bonchev–Trinajstić information content (AvgIpc) is 3.06. The number of phosphoric ester groups is 1. The largest absolute Gasteiger partial charge is 0.481 e. The lowest BCUT2D eigenvalue weighted by Crippen LogP contribution is -2.58. The highest BCUT2D eigenvalue weighted by Crippen LogP contribution is 2.61. The molecule has 36 heavy (non-hydrogen) atoms. The number of nitrogens with one attached hydrogen (secondary N) is 1. The van der Waals surface area contributed by atoms with Crippen LogP contribution in [0.4, 0.5) is 0 Å². The maximum Gasteiger partial charge on any atom is 0.481 e. The monoisotopic (exact) mass is 582 g/mol. The predicted molar refractivity (Wildman–Crippen MR) is 115 cm³/mol. The summed E-state index contributed by atoms with van der Waals surface area (Å²) in [5.41, 5.74) is -1.68. The van der Waals surface area contributed by atoms with Crippen LogP contribution in [0, 0.1) is 0 Å². The molecule has 2 fully saturated rings. The molecule has 0 bridgehead atoms. The second-order valence-electron chi connectivity index (χ2n) is 7.68. The molecule has 1 aromatic rings. The summed E-state index contributed by atoms with van der Waals surface area (Å²) in [7, 11) is -5.38. The lowest BCUT2D eigenvalue weighted by molar-refractivity contribution is -0.280. The number of H-pyrrole nitrogens is 1. The maximum absolute atomic E-state index is 12.3. The van der Waals surface area contributed by atoms with Gasteiger partial charge in [0.05, 0.1) is 13.2 Å². The molecular formula is C15H24N2O16P2S. The Balaban J connectivity index is 1.61. The van der Waals surface area contributed by atoms with Crippen molar-refractivity contribution < 1.29 is 67.8 Å². The number of nitrogens with zero attached hydrogens (tertiary/aromatic N) is 1. The van der Waals surface area contributed by atoms with Crippen molar-refractivity contribution >= 4 is 26.3 Å². The molecule has 206 valence electrons. The zero-order valence-corrected chi connectivity index (χ0v) is 20.5. The van der Waals surface area contributed by atoms with Gasteiger partial charge >= 0.3 is 20.2 Å². The molecule has 2 saturated heterocycles. The molecule has 18 nitrogen and oxygen atoms in total. The first-order chi connectivity index (χ1) is 16.7. The number of hydrogen-bond acceptors (Lipinski definition) is 15. The minimum Gasteiger partial charge on any atom is -0.394 e. The standard InChI is InChI=1S/C15H24N2O16P2S/c18-3-5-8(20)10(22)12(24)14(31-5)32-34(26,27)33-35(28,36)29-4-6-9(21)11(23)13(30-6)17-2-1-7(19)16-15(17)25/h1-2,5-6,8-14,18,20-24H,3-4H2,(H,26,27)(H,28,36)(H,16,19,25)/t5-,6-,8-,9-,10+,11-,12-,13-,14-,35?/m1/s1. The van der Waals surface area contributed by atoms with Gasteiger partial charge < -0.3 is 54.4 Å². The average molecular weight is 582 g/mol. The fourth-order valence-corrected chi connectivity index (χ4v) is 6.45. The highest BCUT2D eigenvalue weighted by atomic mass is 32.5. The molecule has 0 saturated carbocycles. The van der Waals surface area contributed by atoms with Gasteiger partial charge in [0.25, 0.3) is 5.56 Å². The molecule has 11 atom stereocenters. The van der Waals surface area contributed by atoms with Gasteiger partial charge in [0.2, 0.25) is 0 Å². The number of aromatic nitrogens is 2. The number of rotatable bonds is 9. The summed E-state index contributed by atoms with van der Waals surface area (Å²) in [5, 5.41) is 58.8. The normalized spacial score (nSPS) is 38.4. The van der Waals surface area contributed by atoms with Crippen LogP contribution >= 0.6 is 14.5 Å². The van der Waals surface area contributed by atoms with Crippen molar-refractivity contribution in [2.24, 2.45) is 0 Å². The van der Waals surface area contributed by atoms with E-state index >= 15 is 0 Å². The summed E-state index contributed by atoms with van der Waals surface area (Å²) in [6.45, 7) is -6.33. The fraction of sp³-hybridized carbons (Fsp3) is 0.733. The van der Waals surface area contributed by atoms with Gasteiger partial charge in [0, 0.05) is 12.3 Å². The van der Waals surface area contributed by atoms with E-state index in [1.807, 2.05) is 4.98 Å². The minimum absolute atomic E-state index is 0.721. The summed E-state index contributed by atoms with van der Waals surface area (Å²) in [4.78, 5) is 45.1. The first-order valence-corrected chi connectivity index (χ1v) is 14.1. The number of aliphatic hydroxyl groups excluding tert-OH is 6. The van der Waals surface area contributed by atoms with Crippen LogP contribution in [0.25, 0.3) is 0 Å². The van der Waals surface area contributed by atoms with Crippen molar-refractivity contribution in [3.63, 3.8) is 0 Å². The maximum atomic E-state index is 12.3. The zero-order chi connectivity index (χ0) is 27.0. The second kappa shape index (κ2) is 11.4. The van der Waals surface area contributed by atoms with Gasteiger partial charge in [-0.25, -0.2) is 13.7 Å². The Bertz CT molecular complexity index is 1130. The van der Waals surface area contributed by atoms with Crippen LogP contribution in [0.3, 0.4) is 0 Å². The highest BCUT2D eigenvalue weighted by Gasteiger charge is 2.48. The van der Waals surface area contributed by atoms with Crippen LogP contribution in [0.1, 0.15) is 6.23 Å². The summed E-state index contributed by atoms with van der Waals surface area (Å²) >= 11 is 4.62. The molecule has 3 rings (SSSR count). The quantitative estimate of drug-likeness (QED) is 0.124. The molecule has 9 N–H and O–H groups in total. The molecule has 2 aliphatic rings. The Hall–Kier alpha value is -0.960. The van der Waals surface area contributed by atoms with E-state index in [1.54, 1.807) is 0 Å². The van der Waals surface area contributed by atoms with E-state index < -0.39 is 94.2 Å². The van der Waals surface area contributed by atoms with Crippen LogP contribution in [-0.2, 0) is 39.2 Å². The van der Waals surface area contributed by atoms with Gasteiger partial charge in [0.1, 0.15) is 42.7 Å². The summed E-state index contributed by atoms with van der Waals surface area (Å²) in [5.74, 6) is 0. The van der Waals surface area contributed by atoms with E-state index in [4.69, 9.17) is 19.1 Å². The summed E-state index contributed by atoms with van der Waals surface area (Å²) < 4.78 is 37.1. The fourth-order valence-electron chi connectivity index (χ4n) is 3.35. The van der Waals surface area contributed by atoms with Gasteiger partial charge in [-0.15, -0.1) is 0 Å². The van der Waals surface area contributed by atoms with Gasteiger partial charge in [-0.3, -0.25) is 18.9 Å². The van der Waals surface area contributed by atoms with Crippen molar-refractivity contribution in [1.29, 1.82) is 0 Å². The van der Waals surface area contributed by atoms with Crippen LogP contribution in [0.2, 0.25) is 0 Å². The predicted octanol–water partition coefficient (Wildman–Crippen LogP) is -4.68. The molecule has 0 radical (unpaired) electrons. The van der Waals surface area contributed by atoms with E-state index in [1.165, 1.54) is 0 Å². The summed E-state index contributed by atoms with van der Waals surface area (Å²) in [6, 6.07) is 0.962. The number of aromatic amines is 1. The van der Waals surface area contributed by atoms with E-state index in [2.05, 4.69) is 20.6 Å². The highest BCUT2D eigenvalue weighted by molar-refractivity contribution is 8.08. The molecule has 0 spiro atoms. The molecule has 1 aromatic heterocycles. The lowest BCUT2D eigenvalue weighted by Gasteiger charge is -2.39. The molecule has 2 unspecified atom stereocenters. The van der Waals surface area contributed by atoms with Crippen molar-refractivity contribution in [2.75, 3.05) is 13.2 Å². The van der Waals surface area contributed by atoms with Crippen LogP contribution < -0.4 is 11.2 Å². The Labute approximate surface area is 205 Å². The summed E-state index contributed by atoms with van der Waals surface area (Å²) in [6.07, 6.45) is -14.7. The van der Waals surface area contributed by atoms with Gasteiger partial charge in [-0.05, 0) is 11.8 Å². The third kappa shape index (κ3) is 6.72. The molecular weight excluding hydrogens is 558 g/mol. The zero-order valence-electron chi connectivity index (χ0n) is 17.9. The molecule has 0 aromatic carbocycles. The molecule has 21 heteroatoms. The number of ether oxygens (including phenoxy) is 2. The van der Waals surface area contributed by atoms with Crippen molar-refractivity contribution in [3.8, 4) is 0 Å². The van der Waals surface area contributed by atoms with E-state index in [9.17, 15) is 49.5 Å². The third-order valence-electron chi connectivity index (χ3n) is 5.16. The van der Waals surface area contributed by atoms with E-state index in [0.717, 1.165) is 16.8 Å². The van der Waals surface area contributed by atoms with E-state index in [0.29, 0.717) is 0 Å². The van der Waals surface area contributed by atoms with Crippen LogP contribution in [-0.4, -0.2) is 112 Å². The van der Waals surface area contributed by atoms with Crippen molar-refractivity contribution in [2.45, 2.75) is 55.2 Å². The number of phosphoric acid groups is 1. The van der Waals surface area contributed by atoms with Crippen LogP contribution in [0.15, 0.2) is 21.9 Å². The van der Waals surface area contributed by atoms with Gasteiger partial charge in [0.15, 0.2) is 12.5 Å². The smallest absolute Gasteiger partial charge is 0.394 e. The number of hydrogen-bond donors (Lipinski definition) is 9. The molecule has 0 amide bonds.